The molecule has 1 N–H and O–H groups in total. The van der Waals surface area contributed by atoms with Crippen molar-refractivity contribution < 1.29 is 4.79 Å². The number of rotatable bonds is 4. The molecule has 6 nitrogen and oxygen atoms in total. The van der Waals surface area contributed by atoms with Gasteiger partial charge in [0.05, 0.1) is 17.8 Å². The second-order valence-corrected chi connectivity index (χ2v) is 7.44. The van der Waals surface area contributed by atoms with Gasteiger partial charge in [-0.2, -0.15) is 0 Å². The lowest BCUT2D eigenvalue weighted by Gasteiger charge is -2.07. The first-order valence-corrected chi connectivity index (χ1v) is 8.89. The van der Waals surface area contributed by atoms with Crippen LogP contribution in [0.1, 0.15) is 16.1 Å². The highest BCUT2D eigenvalue weighted by molar-refractivity contribution is 8.00. The van der Waals surface area contributed by atoms with E-state index in [1.165, 1.54) is 22.2 Å². The van der Waals surface area contributed by atoms with Crippen LogP contribution in [0.15, 0.2) is 17.7 Å². The minimum absolute atomic E-state index is 0.0712. The molecule has 0 aromatic carbocycles. The topological polar surface area (TPSA) is 72.7 Å². The number of nitrogens with one attached hydrogen (secondary N) is 1. The van der Waals surface area contributed by atoms with Gasteiger partial charge < -0.3 is 9.88 Å². The molecule has 3 aromatic heterocycles. The van der Waals surface area contributed by atoms with Crippen LogP contribution in [0.2, 0.25) is 0 Å². The minimum atomic E-state index is -0.0712. The van der Waals surface area contributed by atoms with E-state index < -0.39 is 0 Å². The van der Waals surface area contributed by atoms with Crippen LogP contribution in [0.3, 0.4) is 0 Å². The van der Waals surface area contributed by atoms with Crippen LogP contribution in [0.5, 0.6) is 0 Å². The van der Waals surface area contributed by atoms with Crippen molar-refractivity contribution in [2.45, 2.75) is 25.8 Å². The highest BCUT2D eigenvalue weighted by Gasteiger charge is 2.14. The fourth-order valence-corrected chi connectivity index (χ4v) is 4.20. The molecule has 0 spiro atoms. The molecule has 0 aliphatic carbocycles. The summed E-state index contributed by atoms with van der Waals surface area (Å²) < 4.78 is 1.80. The maximum atomic E-state index is 12.2. The molecule has 8 heteroatoms. The number of imidazole rings is 1. The van der Waals surface area contributed by atoms with E-state index in [1.54, 1.807) is 28.6 Å². The van der Waals surface area contributed by atoms with Crippen molar-refractivity contribution >= 4 is 45.0 Å². The van der Waals surface area contributed by atoms with Crippen LogP contribution in [-0.4, -0.2) is 31.2 Å². The van der Waals surface area contributed by atoms with E-state index in [-0.39, 0.29) is 5.91 Å². The van der Waals surface area contributed by atoms with Gasteiger partial charge in [0.15, 0.2) is 0 Å². The van der Waals surface area contributed by atoms with E-state index in [0.29, 0.717) is 5.75 Å². The predicted octanol–water partition coefficient (Wildman–Crippen LogP) is 3.08. The monoisotopic (exact) mass is 347 g/mol. The number of nitrogens with zero attached hydrogens (tertiary/aromatic N) is 4. The molecule has 0 unspecified atom stereocenters. The fraction of sp³-hybridized carbons (Fsp3) is 0.333. The third kappa shape index (κ3) is 3.09. The second kappa shape index (κ2) is 6.29. The van der Waals surface area contributed by atoms with Crippen LogP contribution in [-0.2, 0) is 11.8 Å². The maximum absolute atomic E-state index is 12.2. The smallest absolute Gasteiger partial charge is 0.235 e. The maximum Gasteiger partial charge on any atom is 0.235 e. The summed E-state index contributed by atoms with van der Waals surface area (Å²) in [7, 11) is 1.86. The first-order chi connectivity index (χ1) is 11.0. The predicted molar refractivity (Wildman–Crippen MR) is 94.2 cm³/mol. The molecule has 0 aliphatic heterocycles. The first kappa shape index (κ1) is 15.9. The Morgan fingerprint density at radius 1 is 1.30 bits per heavy atom. The van der Waals surface area contributed by atoms with Crippen molar-refractivity contribution in [3.8, 4) is 0 Å². The molecule has 0 fully saturated rings. The number of thiophene rings is 1. The quantitative estimate of drug-likeness (QED) is 0.580. The highest BCUT2D eigenvalue weighted by Crippen LogP contribution is 2.34. The number of carbonyl (C=O) groups excluding carboxylic acids is 1. The lowest BCUT2D eigenvalue weighted by molar-refractivity contribution is -0.113. The van der Waals surface area contributed by atoms with Gasteiger partial charge >= 0.3 is 0 Å². The molecule has 0 radical (unpaired) electrons. The molecule has 1 amide bonds. The summed E-state index contributed by atoms with van der Waals surface area (Å²) in [6.07, 6.45) is 3.24. The third-order valence-corrected chi connectivity index (χ3v) is 5.75. The number of hydrogen-bond donors (Lipinski definition) is 1. The number of carbonyl (C=O) groups is 1. The number of thioether (sulfide) groups is 1. The summed E-state index contributed by atoms with van der Waals surface area (Å²) in [6.45, 7) is 6.02. The van der Waals surface area contributed by atoms with Gasteiger partial charge in [-0.3, -0.25) is 4.79 Å². The SMILES string of the molecule is Cc1ncn(C)c1NC(=O)CSc1ncnc2sc(C)c(C)c12. The molecular formula is C15H17N5OS2. The molecule has 0 aliphatic rings. The van der Waals surface area contributed by atoms with E-state index in [4.69, 9.17) is 0 Å². The third-order valence-electron chi connectivity index (χ3n) is 3.65. The Kier molecular flexibility index (Phi) is 4.36. The van der Waals surface area contributed by atoms with Gasteiger partial charge in [0.1, 0.15) is 22.0 Å². The van der Waals surface area contributed by atoms with Gasteiger partial charge in [-0.25, -0.2) is 15.0 Å². The van der Waals surface area contributed by atoms with Gasteiger partial charge in [0, 0.05) is 17.3 Å². The molecule has 0 saturated carbocycles. The van der Waals surface area contributed by atoms with Crippen molar-refractivity contribution in [3.63, 3.8) is 0 Å². The number of amides is 1. The zero-order valence-electron chi connectivity index (χ0n) is 13.4. The molecule has 3 heterocycles. The van der Waals surface area contributed by atoms with Crippen LogP contribution >= 0.6 is 23.1 Å². The lowest BCUT2D eigenvalue weighted by Crippen LogP contribution is -2.16. The van der Waals surface area contributed by atoms with Crippen molar-refractivity contribution in [3.05, 3.63) is 28.8 Å². The van der Waals surface area contributed by atoms with Crippen LogP contribution in [0.25, 0.3) is 10.2 Å². The molecule has 0 bridgehead atoms. The van der Waals surface area contributed by atoms with Crippen molar-refractivity contribution in [1.29, 1.82) is 0 Å². The van der Waals surface area contributed by atoms with Crippen LogP contribution in [0, 0.1) is 20.8 Å². The number of aryl methyl sites for hydroxylation is 4. The zero-order valence-corrected chi connectivity index (χ0v) is 15.0. The van der Waals surface area contributed by atoms with E-state index in [2.05, 4.69) is 34.1 Å². The average molecular weight is 347 g/mol. The van der Waals surface area contributed by atoms with E-state index in [1.807, 2.05) is 14.0 Å². The Labute approximate surface area is 142 Å². The van der Waals surface area contributed by atoms with E-state index in [0.717, 1.165) is 26.8 Å². The molecule has 0 atom stereocenters. The summed E-state index contributed by atoms with van der Waals surface area (Å²) in [6, 6.07) is 0. The summed E-state index contributed by atoms with van der Waals surface area (Å²) in [5.74, 6) is 0.953. The molecular weight excluding hydrogens is 330 g/mol. The molecule has 3 rings (SSSR count). The molecule has 0 saturated heterocycles. The van der Waals surface area contributed by atoms with Gasteiger partial charge in [-0.05, 0) is 26.3 Å². The largest absolute Gasteiger partial charge is 0.320 e. The Balaban J connectivity index is 1.75. The summed E-state index contributed by atoms with van der Waals surface area (Å²) >= 11 is 3.09. The fourth-order valence-electron chi connectivity index (χ4n) is 2.29. The van der Waals surface area contributed by atoms with Crippen molar-refractivity contribution in [2.24, 2.45) is 7.05 Å². The minimum Gasteiger partial charge on any atom is -0.320 e. The van der Waals surface area contributed by atoms with E-state index in [9.17, 15) is 4.79 Å². The zero-order chi connectivity index (χ0) is 16.6. The number of fused-ring (bicyclic) bond motifs is 1. The van der Waals surface area contributed by atoms with E-state index >= 15 is 0 Å². The Hall–Kier alpha value is -1.93. The standard InChI is InChI=1S/C15H17N5OS2/c1-8-10(3)23-15-12(8)14(16-6-17-15)22-5-11(21)19-13-9(2)18-7-20(13)4/h6-7H,5H2,1-4H3,(H,19,21). The van der Waals surface area contributed by atoms with Gasteiger partial charge in [-0.1, -0.05) is 11.8 Å². The summed E-state index contributed by atoms with van der Waals surface area (Å²) in [4.78, 5) is 27.2. The van der Waals surface area contributed by atoms with Gasteiger partial charge in [0.25, 0.3) is 0 Å². The van der Waals surface area contributed by atoms with Crippen LogP contribution in [0.4, 0.5) is 5.82 Å². The Morgan fingerprint density at radius 3 is 2.78 bits per heavy atom. The lowest BCUT2D eigenvalue weighted by atomic mass is 10.2. The summed E-state index contributed by atoms with van der Waals surface area (Å²) in [5, 5.41) is 4.81. The molecule has 23 heavy (non-hydrogen) atoms. The number of anilines is 1. The second-order valence-electron chi connectivity index (χ2n) is 5.27. The average Bonchev–Trinajstić information content (AvgIpc) is 2.99. The van der Waals surface area contributed by atoms with Crippen LogP contribution < -0.4 is 5.32 Å². The highest BCUT2D eigenvalue weighted by atomic mass is 32.2. The Morgan fingerprint density at radius 2 is 2.09 bits per heavy atom. The Bertz CT molecular complexity index is 864. The molecule has 120 valence electrons. The number of aromatic nitrogens is 4. The summed E-state index contributed by atoms with van der Waals surface area (Å²) in [5.41, 5.74) is 2.00. The molecule has 3 aromatic rings. The van der Waals surface area contributed by atoms with Crippen molar-refractivity contribution in [2.75, 3.05) is 11.1 Å². The van der Waals surface area contributed by atoms with Gasteiger partial charge in [-0.15, -0.1) is 11.3 Å². The number of hydrogen-bond acceptors (Lipinski definition) is 6. The van der Waals surface area contributed by atoms with Crippen molar-refractivity contribution in [1.82, 2.24) is 19.5 Å². The first-order valence-electron chi connectivity index (χ1n) is 7.08. The van der Waals surface area contributed by atoms with Gasteiger partial charge in [0.2, 0.25) is 5.91 Å². The normalized spacial score (nSPS) is 11.1.